The third-order valence-electron chi connectivity index (χ3n) is 5.03. The second-order valence-electron chi connectivity index (χ2n) is 6.71. The van der Waals surface area contributed by atoms with Crippen molar-refractivity contribution in [2.24, 2.45) is 5.92 Å². The van der Waals surface area contributed by atoms with E-state index < -0.39 is 0 Å². The molecule has 1 saturated carbocycles. The van der Waals surface area contributed by atoms with E-state index in [1.54, 1.807) is 0 Å². The van der Waals surface area contributed by atoms with Crippen LogP contribution < -0.4 is 5.32 Å². The lowest BCUT2D eigenvalue weighted by molar-refractivity contribution is -0.125. The molecule has 0 unspecified atom stereocenters. The molecule has 20 heavy (non-hydrogen) atoms. The van der Waals surface area contributed by atoms with E-state index in [1.807, 2.05) is 6.92 Å². The van der Waals surface area contributed by atoms with Gasteiger partial charge in [0.25, 0.3) is 0 Å². The Morgan fingerprint density at radius 3 is 2.65 bits per heavy atom. The fourth-order valence-electron chi connectivity index (χ4n) is 3.73. The summed E-state index contributed by atoms with van der Waals surface area (Å²) >= 11 is 0. The third kappa shape index (κ3) is 4.19. The number of piperidine rings is 1. The number of nitrogens with one attached hydrogen (secondary N) is 1. The van der Waals surface area contributed by atoms with Crippen LogP contribution in [0, 0.1) is 5.92 Å². The van der Waals surface area contributed by atoms with E-state index >= 15 is 0 Å². The predicted molar refractivity (Wildman–Crippen MR) is 80.5 cm³/mol. The lowest BCUT2D eigenvalue weighted by Crippen LogP contribution is -2.52. The molecule has 0 aromatic heterocycles. The summed E-state index contributed by atoms with van der Waals surface area (Å²) in [5, 5.41) is 13.1. The fourth-order valence-corrected chi connectivity index (χ4v) is 3.73. The number of aliphatic hydroxyl groups is 1. The average molecular weight is 282 g/mol. The molecular formula is C16H30N2O2. The highest BCUT2D eigenvalue weighted by atomic mass is 16.3. The number of rotatable bonds is 4. The Morgan fingerprint density at radius 2 is 1.95 bits per heavy atom. The molecule has 2 fully saturated rings. The van der Waals surface area contributed by atoms with E-state index in [1.165, 1.54) is 19.3 Å². The standard InChI is InChI=1S/C16H30N2O2/c1-12-7-3-4-8-14(12)17-16(20)11-18-10-6-5-9-15(18)13(2)19/h12-15,19H,3-11H2,1-2H3,(H,17,20)/t12-,13-,14+,15-/m0/s1. The number of aliphatic hydroxyl groups excluding tert-OH is 1. The molecule has 0 bridgehead atoms. The molecule has 1 heterocycles. The Labute approximate surface area is 122 Å². The summed E-state index contributed by atoms with van der Waals surface area (Å²) < 4.78 is 0. The van der Waals surface area contributed by atoms with Crippen molar-refractivity contribution in [3.63, 3.8) is 0 Å². The normalized spacial score (nSPS) is 33.6. The summed E-state index contributed by atoms with van der Waals surface area (Å²) in [6.07, 6.45) is 7.82. The summed E-state index contributed by atoms with van der Waals surface area (Å²) in [5.74, 6) is 0.734. The van der Waals surface area contributed by atoms with Gasteiger partial charge in [-0.3, -0.25) is 9.69 Å². The number of hydrogen-bond acceptors (Lipinski definition) is 3. The van der Waals surface area contributed by atoms with E-state index in [2.05, 4.69) is 17.1 Å². The second kappa shape index (κ2) is 7.41. The van der Waals surface area contributed by atoms with E-state index in [4.69, 9.17) is 0 Å². The highest BCUT2D eigenvalue weighted by Gasteiger charge is 2.29. The van der Waals surface area contributed by atoms with Crippen LogP contribution in [0.2, 0.25) is 0 Å². The number of carbonyl (C=O) groups is 1. The van der Waals surface area contributed by atoms with Crippen LogP contribution in [0.25, 0.3) is 0 Å². The van der Waals surface area contributed by atoms with Crippen LogP contribution in [-0.4, -0.2) is 47.2 Å². The first-order chi connectivity index (χ1) is 9.58. The van der Waals surface area contributed by atoms with Gasteiger partial charge in [0.15, 0.2) is 0 Å². The summed E-state index contributed by atoms with van der Waals surface area (Å²) in [7, 11) is 0. The van der Waals surface area contributed by atoms with Crippen LogP contribution in [0.3, 0.4) is 0 Å². The molecule has 0 spiro atoms. The van der Waals surface area contributed by atoms with Gasteiger partial charge in [-0.15, -0.1) is 0 Å². The van der Waals surface area contributed by atoms with Gasteiger partial charge in [0.1, 0.15) is 0 Å². The number of hydrogen-bond donors (Lipinski definition) is 2. The maximum atomic E-state index is 12.3. The third-order valence-corrected chi connectivity index (χ3v) is 5.03. The number of carbonyl (C=O) groups excluding carboxylic acids is 1. The van der Waals surface area contributed by atoms with Crippen molar-refractivity contribution in [1.82, 2.24) is 10.2 Å². The molecule has 4 nitrogen and oxygen atoms in total. The van der Waals surface area contributed by atoms with E-state index in [9.17, 15) is 9.90 Å². The van der Waals surface area contributed by atoms with E-state index in [0.29, 0.717) is 18.5 Å². The molecule has 4 atom stereocenters. The average Bonchev–Trinajstić information content (AvgIpc) is 2.41. The smallest absolute Gasteiger partial charge is 0.234 e. The lowest BCUT2D eigenvalue weighted by Gasteiger charge is -2.37. The van der Waals surface area contributed by atoms with Gasteiger partial charge in [-0.2, -0.15) is 0 Å². The minimum Gasteiger partial charge on any atom is -0.392 e. The molecule has 1 aliphatic heterocycles. The Morgan fingerprint density at radius 1 is 1.25 bits per heavy atom. The zero-order valence-electron chi connectivity index (χ0n) is 13.0. The van der Waals surface area contributed by atoms with Gasteiger partial charge in [0.05, 0.1) is 12.6 Å². The summed E-state index contributed by atoms with van der Waals surface area (Å²) in [6, 6.07) is 0.504. The van der Waals surface area contributed by atoms with Gasteiger partial charge in [-0.25, -0.2) is 0 Å². The van der Waals surface area contributed by atoms with Crippen molar-refractivity contribution in [3.05, 3.63) is 0 Å². The SMILES string of the molecule is C[C@H](O)[C@@H]1CCCCN1CC(=O)N[C@@H]1CCCC[C@@H]1C. The first-order valence-electron chi connectivity index (χ1n) is 8.29. The van der Waals surface area contributed by atoms with Crippen LogP contribution in [0.15, 0.2) is 0 Å². The molecule has 0 aromatic carbocycles. The Kier molecular flexibility index (Phi) is 5.85. The number of likely N-dealkylation sites (tertiary alicyclic amines) is 1. The van der Waals surface area contributed by atoms with Gasteiger partial charge in [0.2, 0.25) is 5.91 Å². The van der Waals surface area contributed by atoms with E-state index in [-0.39, 0.29) is 18.1 Å². The highest BCUT2D eigenvalue weighted by molar-refractivity contribution is 5.78. The molecule has 4 heteroatoms. The zero-order chi connectivity index (χ0) is 14.5. The minimum atomic E-state index is -0.350. The topological polar surface area (TPSA) is 52.6 Å². The van der Waals surface area contributed by atoms with Gasteiger partial charge in [-0.1, -0.05) is 26.2 Å². The maximum Gasteiger partial charge on any atom is 0.234 e. The van der Waals surface area contributed by atoms with Crippen molar-refractivity contribution in [3.8, 4) is 0 Å². The molecule has 1 aliphatic carbocycles. The Balaban J connectivity index is 1.83. The van der Waals surface area contributed by atoms with Crippen molar-refractivity contribution < 1.29 is 9.90 Å². The molecule has 0 radical (unpaired) electrons. The number of amides is 1. The molecule has 1 saturated heterocycles. The van der Waals surface area contributed by atoms with Gasteiger partial charge in [-0.05, 0) is 45.1 Å². The first-order valence-corrected chi connectivity index (χ1v) is 8.29. The quantitative estimate of drug-likeness (QED) is 0.828. The van der Waals surface area contributed by atoms with Crippen molar-refractivity contribution >= 4 is 5.91 Å². The molecule has 2 rings (SSSR count). The van der Waals surface area contributed by atoms with Gasteiger partial charge >= 0.3 is 0 Å². The van der Waals surface area contributed by atoms with Crippen LogP contribution in [0.5, 0.6) is 0 Å². The molecular weight excluding hydrogens is 252 g/mol. The molecule has 116 valence electrons. The minimum absolute atomic E-state index is 0.135. The molecule has 1 amide bonds. The summed E-state index contributed by atoms with van der Waals surface area (Å²) in [4.78, 5) is 14.4. The Hall–Kier alpha value is -0.610. The van der Waals surface area contributed by atoms with Crippen LogP contribution in [-0.2, 0) is 4.79 Å². The zero-order valence-corrected chi connectivity index (χ0v) is 13.0. The second-order valence-corrected chi connectivity index (χ2v) is 6.71. The van der Waals surface area contributed by atoms with Crippen LogP contribution >= 0.6 is 0 Å². The largest absolute Gasteiger partial charge is 0.392 e. The highest BCUT2D eigenvalue weighted by Crippen LogP contribution is 2.24. The monoisotopic (exact) mass is 282 g/mol. The van der Waals surface area contributed by atoms with Crippen molar-refractivity contribution in [2.45, 2.75) is 77.0 Å². The first kappa shape index (κ1) is 15.8. The van der Waals surface area contributed by atoms with Crippen molar-refractivity contribution in [1.29, 1.82) is 0 Å². The lowest BCUT2D eigenvalue weighted by atomic mass is 9.86. The Bertz CT molecular complexity index is 320. The van der Waals surface area contributed by atoms with E-state index in [0.717, 1.165) is 32.2 Å². The number of nitrogens with zero attached hydrogens (tertiary/aromatic N) is 1. The maximum absolute atomic E-state index is 12.3. The van der Waals surface area contributed by atoms with Crippen LogP contribution in [0.4, 0.5) is 0 Å². The van der Waals surface area contributed by atoms with Crippen LogP contribution in [0.1, 0.15) is 58.8 Å². The fraction of sp³-hybridized carbons (Fsp3) is 0.938. The molecule has 0 aromatic rings. The summed E-state index contributed by atoms with van der Waals surface area (Å²) in [6.45, 7) is 5.45. The summed E-state index contributed by atoms with van der Waals surface area (Å²) in [5.41, 5.74) is 0. The van der Waals surface area contributed by atoms with Crippen molar-refractivity contribution in [2.75, 3.05) is 13.1 Å². The predicted octanol–water partition coefficient (Wildman–Crippen LogP) is 1.92. The molecule has 2 aliphatic rings. The molecule has 2 N–H and O–H groups in total. The van der Waals surface area contributed by atoms with Gasteiger partial charge < -0.3 is 10.4 Å². The van der Waals surface area contributed by atoms with Gasteiger partial charge in [0, 0.05) is 12.1 Å².